The minimum Gasteiger partial charge on any atom is -0.452 e. The predicted octanol–water partition coefficient (Wildman–Crippen LogP) is 10.5. The zero-order valence-electron chi connectivity index (χ0n) is 31.7. The van der Waals surface area contributed by atoms with E-state index in [2.05, 4.69) is 114 Å². The summed E-state index contributed by atoms with van der Waals surface area (Å²) in [7, 11) is -6.85. The van der Waals surface area contributed by atoms with Gasteiger partial charge in [0.05, 0.1) is 18.3 Å². The summed E-state index contributed by atoms with van der Waals surface area (Å²) < 4.78 is 35.0. The van der Waals surface area contributed by atoms with Gasteiger partial charge in [-0.05, 0) is 78.7 Å². The van der Waals surface area contributed by atoms with Crippen molar-refractivity contribution in [2.75, 3.05) is 6.61 Å². The monoisotopic (exact) mass is 718 g/mol. The molecule has 1 saturated heterocycles. The molecule has 1 aliphatic heterocycles. The van der Waals surface area contributed by atoms with Crippen molar-refractivity contribution in [2.24, 2.45) is 0 Å². The minimum atomic E-state index is -2.39. The Bertz CT molecular complexity index is 1300. The van der Waals surface area contributed by atoms with Crippen LogP contribution in [-0.4, -0.2) is 67.4 Å². The van der Waals surface area contributed by atoms with Gasteiger partial charge in [0, 0.05) is 4.90 Å². The van der Waals surface area contributed by atoms with Crippen molar-refractivity contribution >= 4 is 42.7 Å². The minimum absolute atomic E-state index is 0.0293. The second kappa shape index (κ2) is 14.9. The summed E-state index contributed by atoms with van der Waals surface area (Å²) in [5.74, 6) is -0.387. The molecule has 264 valence electrons. The van der Waals surface area contributed by atoms with Crippen LogP contribution >= 0.6 is 11.8 Å². The molecule has 1 fully saturated rings. The van der Waals surface area contributed by atoms with Gasteiger partial charge in [0.2, 0.25) is 0 Å². The number of ether oxygens (including phenoxy) is 2. The van der Waals surface area contributed by atoms with E-state index in [9.17, 15) is 4.79 Å². The zero-order valence-corrected chi connectivity index (χ0v) is 35.5. The third-order valence-electron chi connectivity index (χ3n) is 10.7. The summed E-state index contributed by atoms with van der Waals surface area (Å²) in [6, 6.07) is 19.3. The molecule has 0 bridgehead atoms. The predicted molar refractivity (Wildman–Crippen MR) is 204 cm³/mol. The molecular weight excluding hydrogens is 657 g/mol. The molecule has 2 aromatic rings. The van der Waals surface area contributed by atoms with Crippen LogP contribution < -0.4 is 0 Å². The van der Waals surface area contributed by atoms with Crippen LogP contribution in [0.2, 0.25) is 54.4 Å². The lowest BCUT2D eigenvalue weighted by molar-refractivity contribution is -0.0604. The Morgan fingerprint density at radius 3 is 1.70 bits per heavy atom. The van der Waals surface area contributed by atoms with E-state index in [4.69, 9.17) is 22.8 Å². The number of hydrogen-bond acceptors (Lipinski definition) is 7. The van der Waals surface area contributed by atoms with Crippen LogP contribution in [0, 0.1) is 0 Å². The first kappa shape index (κ1) is 40.2. The first-order chi connectivity index (χ1) is 21.4. The largest absolute Gasteiger partial charge is 0.452 e. The topological polar surface area (TPSA) is 63.2 Å². The molecule has 0 amide bonds. The number of carbonyl (C=O) groups is 1. The SMILES string of the molecule is CC(C)(C)[Si](C)(C)OC[C@@H](O[Si](C)(C)C(C)(C)C)[C@@H]1O[C@@H](Sc2ccccc2)[C@H](OC(=O)c2ccccc2)[C@H]1O[Si](C)(C)C(C)(C)C. The summed E-state index contributed by atoms with van der Waals surface area (Å²) in [5, 5.41) is -0.0842. The van der Waals surface area contributed by atoms with Gasteiger partial charge in [0.15, 0.2) is 31.1 Å². The number of benzene rings is 2. The smallest absolute Gasteiger partial charge is 0.338 e. The molecule has 0 N–H and O–H groups in total. The van der Waals surface area contributed by atoms with Gasteiger partial charge in [0.25, 0.3) is 0 Å². The molecule has 0 aliphatic carbocycles. The third kappa shape index (κ3) is 10.2. The van der Waals surface area contributed by atoms with Crippen molar-refractivity contribution < 1.29 is 27.5 Å². The first-order valence-corrected chi connectivity index (χ1v) is 26.6. The summed E-state index contributed by atoms with van der Waals surface area (Å²) >= 11 is 1.57. The van der Waals surface area contributed by atoms with Crippen LogP contribution in [0.4, 0.5) is 0 Å². The molecule has 0 spiro atoms. The van der Waals surface area contributed by atoms with Gasteiger partial charge in [0.1, 0.15) is 17.6 Å². The van der Waals surface area contributed by atoms with Crippen LogP contribution in [0.5, 0.6) is 0 Å². The summed E-state index contributed by atoms with van der Waals surface area (Å²) in [5.41, 5.74) is -0.0101. The van der Waals surface area contributed by atoms with Crippen molar-refractivity contribution in [2.45, 2.75) is 151 Å². The number of rotatable bonds is 12. The normalized spacial score (nSPS) is 22.3. The highest BCUT2D eigenvalue weighted by molar-refractivity contribution is 7.99. The second-order valence-electron chi connectivity index (χ2n) is 17.5. The van der Waals surface area contributed by atoms with E-state index in [0.717, 1.165) is 4.90 Å². The van der Waals surface area contributed by atoms with Crippen molar-refractivity contribution in [3.8, 4) is 0 Å². The fourth-order valence-electron chi connectivity index (χ4n) is 4.48. The maximum atomic E-state index is 13.7. The quantitative estimate of drug-likeness (QED) is 0.160. The van der Waals surface area contributed by atoms with E-state index >= 15 is 0 Å². The van der Waals surface area contributed by atoms with Crippen LogP contribution in [0.15, 0.2) is 65.6 Å². The molecule has 2 aromatic carbocycles. The van der Waals surface area contributed by atoms with E-state index < -0.39 is 54.8 Å². The fourth-order valence-corrected chi connectivity index (χ4v) is 9.22. The number of hydrogen-bond donors (Lipinski definition) is 0. The van der Waals surface area contributed by atoms with Crippen molar-refractivity contribution in [3.63, 3.8) is 0 Å². The van der Waals surface area contributed by atoms with E-state index in [1.807, 2.05) is 36.4 Å². The van der Waals surface area contributed by atoms with Crippen molar-refractivity contribution in [3.05, 3.63) is 66.2 Å². The molecule has 1 aliphatic rings. The first-order valence-electron chi connectivity index (χ1n) is 17.0. The Morgan fingerprint density at radius 2 is 1.21 bits per heavy atom. The van der Waals surface area contributed by atoms with E-state index in [0.29, 0.717) is 12.2 Å². The molecule has 10 heteroatoms. The van der Waals surface area contributed by atoms with Crippen LogP contribution in [0.1, 0.15) is 72.7 Å². The summed E-state index contributed by atoms with van der Waals surface area (Å²) in [6.45, 7) is 34.2. The highest BCUT2D eigenvalue weighted by atomic mass is 32.2. The number of carbonyl (C=O) groups excluding carboxylic acids is 1. The number of esters is 1. The third-order valence-corrected chi connectivity index (χ3v) is 25.4. The Morgan fingerprint density at radius 1 is 0.723 bits per heavy atom. The Hall–Kier alpha value is -1.25. The highest BCUT2D eigenvalue weighted by Crippen LogP contribution is 2.46. The molecule has 0 unspecified atom stereocenters. The lowest BCUT2D eigenvalue weighted by atomic mass is 10.1. The Labute approximate surface area is 293 Å². The van der Waals surface area contributed by atoms with Gasteiger partial charge in [-0.1, -0.05) is 110 Å². The van der Waals surface area contributed by atoms with Crippen molar-refractivity contribution in [1.82, 2.24) is 0 Å². The Kier molecular flexibility index (Phi) is 12.8. The molecule has 0 aromatic heterocycles. The molecule has 47 heavy (non-hydrogen) atoms. The summed E-state index contributed by atoms with van der Waals surface area (Å²) in [6.07, 6.45) is -2.16. The molecule has 5 atom stereocenters. The summed E-state index contributed by atoms with van der Waals surface area (Å²) in [4.78, 5) is 14.8. The van der Waals surface area contributed by atoms with E-state index in [1.54, 1.807) is 23.9 Å². The lowest BCUT2D eigenvalue weighted by Gasteiger charge is -2.45. The molecule has 0 saturated carbocycles. The van der Waals surface area contributed by atoms with E-state index in [-0.39, 0.29) is 21.1 Å². The van der Waals surface area contributed by atoms with Crippen molar-refractivity contribution in [1.29, 1.82) is 0 Å². The maximum absolute atomic E-state index is 13.7. The highest BCUT2D eigenvalue weighted by Gasteiger charge is 2.56. The molecule has 3 rings (SSSR count). The molecule has 0 radical (unpaired) electrons. The second-order valence-corrected chi connectivity index (χ2v) is 33.0. The van der Waals surface area contributed by atoms with Gasteiger partial charge < -0.3 is 22.8 Å². The standard InChI is InChI=1S/C37H62O6SSi3/c1-35(2,3)45(10,11)39-26-29(42-46(12,13)36(4,5)6)30-31(43-47(14,15)37(7,8)9)32(40-33(38)27-22-18-16-19-23-27)34(41-30)44-28-24-20-17-21-25-28/h16-25,29-32,34H,26H2,1-15H3/t29-,30+,31+,32-,34+/m1/s1. The van der Waals surface area contributed by atoms with Gasteiger partial charge >= 0.3 is 5.97 Å². The molecule has 1 heterocycles. The van der Waals surface area contributed by atoms with Crippen LogP contribution in [-0.2, 0) is 22.8 Å². The fraction of sp³-hybridized carbons (Fsp3) is 0.649. The van der Waals surface area contributed by atoms with Gasteiger partial charge in [-0.2, -0.15) is 0 Å². The van der Waals surface area contributed by atoms with E-state index in [1.165, 1.54) is 0 Å². The molecule has 6 nitrogen and oxygen atoms in total. The van der Waals surface area contributed by atoms with Crippen LogP contribution in [0.25, 0.3) is 0 Å². The average molecular weight is 719 g/mol. The lowest BCUT2D eigenvalue weighted by Crippen LogP contribution is -2.56. The zero-order chi connectivity index (χ0) is 35.6. The molecular formula is C37H62O6SSi3. The van der Waals surface area contributed by atoms with Crippen LogP contribution in [0.3, 0.4) is 0 Å². The van der Waals surface area contributed by atoms with Gasteiger partial charge in [-0.15, -0.1) is 0 Å². The number of thioether (sulfide) groups is 1. The Balaban J connectivity index is 2.17. The van der Waals surface area contributed by atoms with Gasteiger partial charge in [-0.25, -0.2) is 4.79 Å². The average Bonchev–Trinajstić information content (AvgIpc) is 3.25. The van der Waals surface area contributed by atoms with Gasteiger partial charge in [-0.3, -0.25) is 0 Å². The maximum Gasteiger partial charge on any atom is 0.338 e.